The third-order valence-electron chi connectivity index (χ3n) is 3.29. The summed E-state index contributed by atoms with van der Waals surface area (Å²) in [7, 11) is 0. The summed E-state index contributed by atoms with van der Waals surface area (Å²) in [5.74, 6) is 0. The lowest BCUT2D eigenvalue weighted by Crippen LogP contribution is -2.15. The van der Waals surface area contributed by atoms with Crippen LogP contribution in [0.5, 0.6) is 0 Å². The highest BCUT2D eigenvalue weighted by molar-refractivity contribution is 6.19. The molecular formula is C15H6O8. The number of benzene rings is 1. The summed E-state index contributed by atoms with van der Waals surface area (Å²) >= 11 is 0. The fraction of sp³-hybridized carbons (Fsp3) is 0. The second-order valence-corrected chi connectivity index (χ2v) is 4.28. The Kier molecular flexibility index (Phi) is 4.17. The molecule has 8 heteroatoms. The minimum absolute atomic E-state index is 0.0540. The number of rotatable bonds is 6. The van der Waals surface area contributed by atoms with Gasteiger partial charge < -0.3 is 4.42 Å². The molecule has 0 radical (unpaired) electrons. The second kappa shape index (κ2) is 6.06. The molecule has 2 rings (SSSR count). The van der Waals surface area contributed by atoms with Gasteiger partial charge >= 0.3 is 5.63 Å². The second-order valence-electron chi connectivity index (χ2n) is 4.28. The van der Waals surface area contributed by atoms with E-state index in [1.165, 1.54) is 0 Å². The third-order valence-corrected chi connectivity index (χ3v) is 3.29. The highest BCUT2D eigenvalue weighted by Gasteiger charge is 2.25. The van der Waals surface area contributed by atoms with Gasteiger partial charge in [-0.15, -0.1) is 0 Å². The lowest BCUT2D eigenvalue weighted by atomic mass is 9.91. The summed E-state index contributed by atoms with van der Waals surface area (Å²) in [6.45, 7) is 0. The Morgan fingerprint density at radius 1 is 0.522 bits per heavy atom. The molecule has 0 atom stereocenters. The molecule has 2 aromatic rings. The SMILES string of the molecule is O=Cc1c(C=O)c(C=O)c2c(C=O)c(C=O)c(=O)oc2c1C=O. The third kappa shape index (κ3) is 2.13. The van der Waals surface area contributed by atoms with E-state index in [9.17, 15) is 33.6 Å². The van der Waals surface area contributed by atoms with Crippen LogP contribution in [0, 0.1) is 0 Å². The molecule has 0 spiro atoms. The zero-order valence-electron chi connectivity index (χ0n) is 11.2. The van der Waals surface area contributed by atoms with Crippen LogP contribution in [0.3, 0.4) is 0 Å². The van der Waals surface area contributed by atoms with Gasteiger partial charge in [0.1, 0.15) is 5.56 Å². The van der Waals surface area contributed by atoms with Crippen LogP contribution in [0.4, 0.5) is 0 Å². The number of carbonyl (C=O) groups excluding carboxylic acids is 6. The Hall–Kier alpha value is -3.55. The van der Waals surface area contributed by atoms with Crippen molar-refractivity contribution in [2.45, 2.75) is 0 Å². The van der Waals surface area contributed by atoms with E-state index in [-0.39, 0.29) is 43.1 Å². The Morgan fingerprint density at radius 2 is 0.913 bits per heavy atom. The molecule has 0 aliphatic rings. The van der Waals surface area contributed by atoms with E-state index < -0.39 is 44.6 Å². The first-order chi connectivity index (χ1) is 11.1. The van der Waals surface area contributed by atoms with Crippen LogP contribution < -0.4 is 5.63 Å². The normalized spacial score (nSPS) is 10.1. The standard InChI is InChI=1S/C15H6O8/c16-1-7-8(2-17)11(5-20)14-13(9(7)3-18)10(4-19)12(6-21)15(22)23-14/h1-6H. The molecule has 0 fully saturated rings. The summed E-state index contributed by atoms with van der Waals surface area (Å²) in [4.78, 5) is 79.0. The molecule has 23 heavy (non-hydrogen) atoms. The topological polar surface area (TPSA) is 133 Å². The van der Waals surface area contributed by atoms with Crippen molar-refractivity contribution in [3.05, 3.63) is 43.8 Å². The Morgan fingerprint density at radius 3 is 1.35 bits per heavy atom. The molecule has 1 heterocycles. The maximum atomic E-state index is 11.7. The maximum Gasteiger partial charge on any atom is 0.347 e. The van der Waals surface area contributed by atoms with E-state index in [1.807, 2.05) is 0 Å². The van der Waals surface area contributed by atoms with Gasteiger partial charge in [-0.2, -0.15) is 0 Å². The van der Waals surface area contributed by atoms with Gasteiger partial charge in [-0.25, -0.2) is 4.79 Å². The molecular weight excluding hydrogens is 308 g/mol. The molecule has 0 amide bonds. The Balaban J connectivity index is 3.38. The molecule has 0 saturated carbocycles. The molecule has 1 aromatic carbocycles. The van der Waals surface area contributed by atoms with E-state index in [2.05, 4.69) is 0 Å². The predicted molar refractivity (Wildman–Crippen MR) is 74.8 cm³/mol. The van der Waals surface area contributed by atoms with Gasteiger partial charge in [0, 0.05) is 27.6 Å². The van der Waals surface area contributed by atoms with Crippen LogP contribution in [-0.2, 0) is 0 Å². The molecule has 8 nitrogen and oxygen atoms in total. The molecule has 0 aliphatic heterocycles. The summed E-state index contributed by atoms with van der Waals surface area (Å²) in [5, 5.41) is -0.355. The van der Waals surface area contributed by atoms with E-state index >= 15 is 0 Å². The molecule has 114 valence electrons. The van der Waals surface area contributed by atoms with E-state index in [4.69, 9.17) is 4.42 Å². The van der Waals surface area contributed by atoms with Crippen molar-refractivity contribution in [2.24, 2.45) is 0 Å². The number of hydrogen-bond acceptors (Lipinski definition) is 8. The smallest absolute Gasteiger partial charge is 0.347 e. The van der Waals surface area contributed by atoms with Gasteiger partial charge in [0.05, 0.1) is 5.56 Å². The minimum atomic E-state index is -1.22. The van der Waals surface area contributed by atoms with Crippen LogP contribution in [0.15, 0.2) is 9.21 Å². The van der Waals surface area contributed by atoms with Gasteiger partial charge in [-0.1, -0.05) is 0 Å². The molecule has 1 aromatic heterocycles. The number of fused-ring (bicyclic) bond motifs is 1. The van der Waals surface area contributed by atoms with Crippen LogP contribution in [-0.4, -0.2) is 37.7 Å². The van der Waals surface area contributed by atoms with Crippen LogP contribution in [0.25, 0.3) is 11.0 Å². The summed E-state index contributed by atoms with van der Waals surface area (Å²) < 4.78 is 4.82. The quantitative estimate of drug-likeness (QED) is 0.561. The van der Waals surface area contributed by atoms with Crippen molar-refractivity contribution in [1.29, 1.82) is 0 Å². The highest BCUT2D eigenvalue weighted by Crippen LogP contribution is 2.29. The summed E-state index contributed by atoms with van der Waals surface area (Å²) in [6, 6.07) is 0. The van der Waals surface area contributed by atoms with Crippen molar-refractivity contribution in [3.63, 3.8) is 0 Å². The van der Waals surface area contributed by atoms with E-state index in [1.54, 1.807) is 0 Å². The monoisotopic (exact) mass is 314 g/mol. The van der Waals surface area contributed by atoms with Crippen molar-refractivity contribution in [1.82, 2.24) is 0 Å². The average Bonchev–Trinajstić information content (AvgIpc) is 2.57. The first-order valence-electron chi connectivity index (χ1n) is 6.01. The number of carbonyl (C=O) groups is 6. The number of hydrogen-bond donors (Lipinski definition) is 0. The van der Waals surface area contributed by atoms with Crippen LogP contribution >= 0.6 is 0 Å². The van der Waals surface area contributed by atoms with Crippen molar-refractivity contribution >= 4 is 48.7 Å². The summed E-state index contributed by atoms with van der Waals surface area (Å²) in [6.07, 6.45) is 0.785. The Labute approximate surface area is 126 Å². The molecule has 0 aliphatic carbocycles. The molecule has 0 bridgehead atoms. The largest absolute Gasteiger partial charge is 0.421 e. The maximum absolute atomic E-state index is 11.7. The lowest BCUT2D eigenvalue weighted by molar-refractivity contribution is 0.107. The van der Waals surface area contributed by atoms with Crippen molar-refractivity contribution < 1.29 is 33.2 Å². The average molecular weight is 314 g/mol. The Bertz CT molecular complexity index is 949. The van der Waals surface area contributed by atoms with Gasteiger partial charge in [-0.05, 0) is 0 Å². The molecule has 0 N–H and O–H groups in total. The molecule has 0 unspecified atom stereocenters. The first kappa shape index (κ1) is 15.8. The van der Waals surface area contributed by atoms with Gasteiger partial charge in [0.15, 0.2) is 43.3 Å². The number of aldehydes is 6. The van der Waals surface area contributed by atoms with Crippen LogP contribution in [0.2, 0.25) is 0 Å². The minimum Gasteiger partial charge on any atom is -0.421 e. The molecule has 0 saturated heterocycles. The zero-order chi connectivity index (χ0) is 17.1. The lowest BCUT2D eigenvalue weighted by Gasteiger charge is -2.11. The van der Waals surface area contributed by atoms with Crippen molar-refractivity contribution in [3.8, 4) is 0 Å². The fourth-order valence-electron chi connectivity index (χ4n) is 2.30. The highest BCUT2D eigenvalue weighted by atomic mass is 16.4. The zero-order valence-corrected chi connectivity index (χ0v) is 11.2. The predicted octanol–water partition coefficient (Wildman–Crippen LogP) is 0.668. The summed E-state index contributed by atoms with van der Waals surface area (Å²) in [5.41, 5.74) is -4.71. The van der Waals surface area contributed by atoms with Gasteiger partial charge in [0.25, 0.3) is 0 Å². The van der Waals surface area contributed by atoms with E-state index in [0.717, 1.165) is 0 Å². The van der Waals surface area contributed by atoms with E-state index in [0.29, 0.717) is 0 Å². The fourth-order valence-corrected chi connectivity index (χ4v) is 2.30. The van der Waals surface area contributed by atoms with Gasteiger partial charge in [-0.3, -0.25) is 28.8 Å². The van der Waals surface area contributed by atoms with Crippen LogP contribution in [0.1, 0.15) is 62.1 Å². The van der Waals surface area contributed by atoms with Crippen molar-refractivity contribution in [2.75, 3.05) is 0 Å². The van der Waals surface area contributed by atoms with Gasteiger partial charge in [0.2, 0.25) is 0 Å². The first-order valence-corrected chi connectivity index (χ1v) is 6.01.